The number of hydrogen-bond acceptors (Lipinski definition) is 2. The van der Waals surface area contributed by atoms with Gasteiger partial charge < -0.3 is 5.73 Å². The van der Waals surface area contributed by atoms with E-state index in [2.05, 4.69) is 37.4 Å². The summed E-state index contributed by atoms with van der Waals surface area (Å²) in [6.07, 6.45) is 7.42. The summed E-state index contributed by atoms with van der Waals surface area (Å²) in [5, 5.41) is 0. The van der Waals surface area contributed by atoms with Crippen molar-refractivity contribution < 1.29 is 0 Å². The SMILES string of the molecule is CSc1ccccc1C(N)C1CCC(C)CC1. The van der Waals surface area contributed by atoms with Gasteiger partial charge in [0, 0.05) is 10.9 Å². The van der Waals surface area contributed by atoms with Crippen molar-refractivity contribution in [1.29, 1.82) is 0 Å². The molecule has 1 aromatic rings. The standard InChI is InChI=1S/C15H23NS/c1-11-7-9-12(10-8-11)15(16)13-5-3-4-6-14(13)17-2/h3-6,11-12,15H,7-10,16H2,1-2H3. The summed E-state index contributed by atoms with van der Waals surface area (Å²) in [5.41, 5.74) is 7.83. The summed E-state index contributed by atoms with van der Waals surface area (Å²) >= 11 is 1.81. The summed E-state index contributed by atoms with van der Waals surface area (Å²) in [5.74, 6) is 1.58. The van der Waals surface area contributed by atoms with E-state index in [-0.39, 0.29) is 6.04 Å². The van der Waals surface area contributed by atoms with E-state index in [0.717, 1.165) is 5.92 Å². The van der Waals surface area contributed by atoms with Gasteiger partial charge in [0.15, 0.2) is 0 Å². The van der Waals surface area contributed by atoms with Crippen molar-refractivity contribution in [2.45, 2.75) is 43.5 Å². The summed E-state index contributed by atoms with van der Waals surface area (Å²) in [6, 6.07) is 8.83. The summed E-state index contributed by atoms with van der Waals surface area (Å²) in [7, 11) is 0. The van der Waals surface area contributed by atoms with Crippen LogP contribution >= 0.6 is 11.8 Å². The molecule has 2 heteroatoms. The second-order valence-electron chi connectivity index (χ2n) is 5.29. The first kappa shape index (κ1) is 13.0. The van der Waals surface area contributed by atoms with E-state index in [1.54, 1.807) is 0 Å². The highest BCUT2D eigenvalue weighted by atomic mass is 32.2. The summed E-state index contributed by atoms with van der Waals surface area (Å²) < 4.78 is 0. The molecule has 1 aromatic carbocycles. The lowest BCUT2D eigenvalue weighted by Gasteiger charge is -2.31. The molecule has 17 heavy (non-hydrogen) atoms. The third kappa shape index (κ3) is 3.05. The summed E-state index contributed by atoms with van der Waals surface area (Å²) in [4.78, 5) is 1.35. The molecule has 2 N–H and O–H groups in total. The Morgan fingerprint density at radius 3 is 2.47 bits per heavy atom. The average Bonchev–Trinajstić information content (AvgIpc) is 2.39. The molecule has 1 saturated carbocycles. The smallest absolute Gasteiger partial charge is 0.0334 e. The molecule has 0 aliphatic heterocycles. The lowest BCUT2D eigenvalue weighted by Crippen LogP contribution is -2.25. The predicted molar refractivity (Wildman–Crippen MR) is 76.3 cm³/mol. The maximum atomic E-state index is 6.48. The van der Waals surface area contributed by atoms with Gasteiger partial charge in [-0.1, -0.05) is 38.0 Å². The van der Waals surface area contributed by atoms with E-state index in [4.69, 9.17) is 5.73 Å². The van der Waals surface area contributed by atoms with Crippen molar-refractivity contribution in [3.05, 3.63) is 29.8 Å². The molecule has 0 saturated heterocycles. The Bertz CT molecular complexity index is 356. The molecule has 1 aliphatic carbocycles. The van der Waals surface area contributed by atoms with Crippen LogP contribution in [0.5, 0.6) is 0 Å². The minimum atomic E-state index is 0.228. The van der Waals surface area contributed by atoms with E-state index >= 15 is 0 Å². The highest BCUT2D eigenvalue weighted by Crippen LogP contribution is 2.37. The highest BCUT2D eigenvalue weighted by molar-refractivity contribution is 7.98. The van der Waals surface area contributed by atoms with Gasteiger partial charge in [-0.05, 0) is 42.6 Å². The maximum Gasteiger partial charge on any atom is 0.0334 e. The third-order valence-corrected chi connectivity index (χ3v) is 4.88. The van der Waals surface area contributed by atoms with E-state index in [9.17, 15) is 0 Å². The first-order valence-electron chi connectivity index (χ1n) is 6.61. The summed E-state index contributed by atoms with van der Waals surface area (Å²) in [6.45, 7) is 2.36. The van der Waals surface area contributed by atoms with Crippen LogP contribution in [-0.2, 0) is 0 Å². The van der Waals surface area contributed by atoms with E-state index < -0.39 is 0 Å². The molecule has 2 rings (SSSR count). The number of thioether (sulfide) groups is 1. The molecule has 1 atom stereocenters. The Labute approximate surface area is 109 Å². The molecular weight excluding hydrogens is 226 g/mol. The molecule has 0 radical (unpaired) electrons. The molecule has 0 aromatic heterocycles. The number of rotatable bonds is 3. The predicted octanol–water partition coefficient (Wildman–Crippen LogP) is 4.23. The van der Waals surface area contributed by atoms with Crippen molar-refractivity contribution in [2.75, 3.05) is 6.26 Å². The van der Waals surface area contributed by atoms with Crippen molar-refractivity contribution >= 4 is 11.8 Å². The Hall–Kier alpha value is -0.470. The Morgan fingerprint density at radius 1 is 1.18 bits per heavy atom. The van der Waals surface area contributed by atoms with Gasteiger partial charge in [0.05, 0.1) is 0 Å². The van der Waals surface area contributed by atoms with Crippen LogP contribution < -0.4 is 5.73 Å². The third-order valence-electron chi connectivity index (χ3n) is 4.07. The monoisotopic (exact) mass is 249 g/mol. The lowest BCUT2D eigenvalue weighted by atomic mass is 9.78. The van der Waals surface area contributed by atoms with Crippen LogP contribution in [-0.4, -0.2) is 6.26 Å². The van der Waals surface area contributed by atoms with E-state index in [0.29, 0.717) is 5.92 Å². The minimum Gasteiger partial charge on any atom is -0.324 e. The molecule has 94 valence electrons. The second-order valence-corrected chi connectivity index (χ2v) is 6.14. The van der Waals surface area contributed by atoms with Gasteiger partial charge in [-0.3, -0.25) is 0 Å². The first-order chi connectivity index (χ1) is 8.22. The van der Waals surface area contributed by atoms with Gasteiger partial charge >= 0.3 is 0 Å². The van der Waals surface area contributed by atoms with Gasteiger partial charge in [-0.2, -0.15) is 0 Å². The van der Waals surface area contributed by atoms with Crippen molar-refractivity contribution in [3.63, 3.8) is 0 Å². The molecule has 0 heterocycles. The highest BCUT2D eigenvalue weighted by Gasteiger charge is 2.25. The van der Waals surface area contributed by atoms with Gasteiger partial charge in [0.1, 0.15) is 0 Å². The van der Waals surface area contributed by atoms with Crippen LogP contribution in [0.25, 0.3) is 0 Å². The molecular formula is C15H23NS. The second kappa shape index (κ2) is 5.92. The van der Waals surface area contributed by atoms with Crippen LogP contribution in [0.4, 0.5) is 0 Å². The van der Waals surface area contributed by atoms with Crippen LogP contribution in [0.15, 0.2) is 29.2 Å². The van der Waals surface area contributed by atoms with E-state index in [1.165, 1.54) is 36.1 Å². The van der Waals surface area contributed by atoms with Crippen molar-refractivity contribution in [3.8, 4) is 0 Å². The molecule has 1 unspecified atom stereocenters. The first-order valence-corrected chi connectivity index (χ1v) is 7.83. The zero-order chi connectivity index (χ0) is 12.3. The molecule has 1 nitrogen and oxygen atoms in total. The van der Waals surface area contributed by atoms with Gasteiger partial charge in [-0.15, -0.1) is 11.8 Å². The van der Waals surface area contributed by atoms with Crippen LogP contribution in [0.2, 0.25) is 0 Å². The quantitative estimate of drug-likeness (QED) is 0.811. The number of hydrogen-bond donors (Lipinski definition) is 1. The Kier molecular flexibility index (Phi) is 4.52. The topological polar surface area (TPSA) is 26.0 Å². The van der Waals surface area contributed by atoms with Gasteiger partial charge in [0.2, 0.25) is 0 Å². The minimum absolute atomic E-state index is 0.228. The van der Waals surface area contributed by atoms with Crippen molar-refractivity contribution in [2.24, 2.45) is 17.6 Å². The zero-order valence-corrected chi connectivity index (χ0v) is 11.7. The molecule has 1 fully saturated rings. The largest absolute Gasteiger partial charge is 0.324 e. The number of benzene rings is 1. The normalized spacial score (nSPS) is 26.8. The fourth-order valence-corrected chi connectivity index (χ4v) is 3.50. The van der Waals surface area contributed by atoms with Crippen LogP contribution in [0, 0.1) is 11.8 Å². The van der Waals surface area contributed by atoms with E-state index in [1.807, 2.05) is 11.8 Å². The average molecular weight is 249 g/mol. The fraction of sp³-hybridized carbons (Fsp3) is 0.600. The molecule has 1 aliphatic rings. The van der Waals surface area contributed by atoms with Crippen LogP contribution in [0.1, 0.15) is 44.2 Å². The molecule has 0 amide bonds. The fourth-order valence-electron chi connectivity index (χ4n) is 2.84. The zero-order valence-electron chi connectivity index (χ0n) is 10.9. The van der Waals surface area contributed by atoms with Crippen molar-refractivity contribution in [1.82, 2.24) is 0 Å². The molecule has 0 bridgehead atoms. The Balaban J connectivity index is 2.10. The lowest BCUT2D eigenvalue weighted by molar-refractivity contribution is 0.255. The Morgan fingerprint density at radius 2 is 1.82 bits per heavy atom. The van der Waals surface area contributed by atoms with Crippen LogP contribution in [0.3, 0.4) is 0 Å². The number of nitrogens with two attached hydrogens (primary N) is 1. The van der Waals surface area contributed by atoms with Gasteiger partial charge in [0.25, 0.3) is 0 Å². The molecule has 0 spiro atoms. The van der Waals surface area contributed by atoms with Gasteiger partial charge in [-0.25, -0.2) is 0 Å². The maximum absolute atomic E-state index is 6.48.